The molecular formula is C11H11ClFN5. The minimum atomic E-state index is -0.561. The molecule has 2 aromatic rings. The summed E-state index contributed by atoms with van der Waals surface area (Å²) < 4.78 is 13.4. The molecule has 0 fully saturated rings. The summed E-state index contributed by atoms with van der Waals surface area (Å²) in [6, 6.07) is 4.19. The first-order valence-electron chi connectivity index (χ1n) is 5.08. The van der Waals surface area contributed by atoms with Crippen LogP contribution in [-0.4, -0.2) is 9.97 Å². The molecule has 1 heterocycles. The number of halogens is 2. The lowest BCUT2D eigenvalue weighted by Gasteiger charge is -2.19. The molecule has 0 aliphatic heterocycles. The second-order valence-electron chi connectivity index (χ2n) is 3.66. The van der Waals surface area contributed by atoms with Crippen molar-refractivity contribution in [3.63, 3.8) is 0 Å². The minimum absolute atomic E-state index is 0.0268. The molecule has 7 heteroatoms. The van der Waals surface area contributed by atoms with E-state index in [9.17, 15) is 4.39 Å². The van der Waals surface area contributed by atoms with Crippen molar-refractivity contribution in [3.05, 3.63) is 41.1 Å². The lowest BCUT2D eigenvalue weighted by atomic mass is 10.3. The third-order valence-electron chi connectivity index (χ3n) is 2.33. The van der Waals surface area contributed by atoms with E-state index in [1.54, 1.807) is 13.0 Å². The lowest BCUT2D eigenvalue weighted by molar-refractivity contribution is 0.628. The molecule has 0 atom stereocenters. The number of hydrogen-bond acceptors (Lipinski definition) is 5. The Hall–Kier alpha value is -1.92. The predicted molar refractivity (Wildman–Crippen MR) is 68.9 cm³/mol. The number of hydrazine groups is 1. The zero-order chi connectivity index (χ0) is 13.3. The average molecular weight is 268 g/mol. The van der Waals surface area contributed by atoms with E-state index in [1.807, 2.05) is 0 Å². The van der Waals surface area contributed by atoms with Gasteiger partial charge in [0.25, 0.3) is 0 Å². The van der Waals surface area contributed by atoms with Crippen molar-refractivity contribution in [1.29, 1.82) is 0 Å². The summed E-state index contributed by atoms with van der Waals surface area (Å²) in [5, 5.41) is 1.21. The van der Waals surface area contributed by atoms with Gasteiger partial charge in [-0.05, 0) is 19.1 Å². The third kappa shape index (κ3) is 2.34. The summed E-state index contributed by atoms with van der Waals surface area (Å²) in [6.45, 7) is 1.71. The largest absolute Gasteiger partial charge is 0.394 e. The Balaban J connectivity index is 2.44. The van der Waals surface area contributed by atoms with Crippen LogP contribution in [0.25, 0.3) is 0 Å². The maximum Gasteiger partial charge on any atom is 0.174 e. The number of rotatable bonds is 2. The van der Waals surface area contributed by atoms with Gasteiger partial charge in [-0.3, -0.25) is 5.01 Å². The highest BCUT2D eigenvalue weighted by Gasteiger charge is 2.12. The van der Waals surface area contributed by atoms with Gasteiger partial charge in [0.1, 0.15) is 11.6 Å². The summed E-state index contributed by atoms with van der Waals surface area (Å²) in [5.41, 5.74) is 6.42. The molecule has 0 aliphatic rings. The fraction of sp³-hybridized carbons (Fsp3) is 0.0909. The molecular weight excluding hydrogens is 257 g/mol. The SMILES string of the molecule is Cc1ncc(N)c(N(N)c2ccc(Cl)c(F)c2)n1. The number of anilines is 3. The zero-order valence-electron chi connectivity index (χ0n) is 9.56. The lowest BCUT2D eigenvalue weighted by Crippen LogP contribution is -2.27. The van der Waals surface area contributed by atoms with Crippen molar-refractivity contribution in [2.45, 2.75) is 6.92 Å². The van der Waals surface area contributed by atoms with Crippen LogP contribution >= 0.6 is 11.6 Å². The van der Waals surface area contributed by atoms with Gasteiger partial charge in [0.15, 0.2) is 5.82 Å². The number of nitrogens with zero attached hydrogens (tertiary/aromatic N) is 3. The van der Waals surface area contributed by atoms with Crippen molar-refractivity contribution in [2.75, 3.05) is 10.7 Å². The first-order chi connectivity index (χ1) is 8.49. The van der Waals surface area contributed by atoms with Gasteiger partial charge < -0.3 is 5.73 Å². The van der Waals surface area contributed by atoms with Crippen molar-refractivity contribution in [1.82, 2.24) is 9.97 Å². The Morgan fingerprint density at radius 1 is 1.39 bits per heavy atom. The number of aromatic nitrogens is 2. The Morgan fingerprint density at radius 2 is 2.11 bits per heavy atom. The van der Waals surface area contributed by atoms with Gasteiger partial charge in [0, 0.05) is 6.07 Å². The van der Waals surface area contributed by atoms with E-state index in [-0.39, 0.29) is 5.02 Å². The Bertz CT molecular complexity index is 590. The standard InChI is InChI=1S/C11H11ClFN5/c1-6-16-5-10(14)11(17-6)18(15)7-2-3-8(12)9(13)4-7/h2-5H,14-15H2,1H3. The van der Waals surface area contributed by atoms with Gasteiger partial charge in [-0.2, -0.15) is 0 Å². The van der Waals surface area contributed by atoms with Gasteiger partial charge >= 0.3 is 0 Å². The molecule has 2 rings (SSSR count). The summed E-state index contributed by atoms with van der Waals surface area (Å²) in [6.07, 6.45) is 1.45. The van der Waals surface area contributed by atoms with Crippen LogP contribution in [0.4, 0.5) is 21.6 Å². The fourth-order valence-corrected chi connectivity index (χ4v) is 1.54. The van der Waals surface area contributed by atoms with Crippen LogP contribution in [0.5, 0.6) is 0 Å². The maximum atomic E-state index is 13.4. The summed E-state index contributed by atoms with van der Waals surface area (Å²) >= 11 is 5.60. The summed E-state index contributed by atoms with van der Waals surface area (Å²) in [5.74, 6) is 6.12. The topological polar surface area (TPSA) is 81.1 Å². The van der Waals surface area contributed by atoms with Crippen LogP contribution in [0, 0.1) is 12.7 Å². The summed E-state index contributed by atoms with van der Waals surface area (Å²) in [7, 11) is 0. The molecule has 1 aromatic heterocycles. The van der Waals surface area contributed by atoms with Crippen LogP contribution in [0.2, 0.25) is 5.02 Å². The predicted octanol–water partition coefficient (Wildman–Crippen LogP) is 2.17. The van der Waals surface area contributed by atoms with Crippen LogP contribution < -0.4 is 16.6 Å². The molecule has 0 unspecified atom stereocenters. The molecule has 0 radical (unpaired) electrons. The normalized spacial score (nSPS) is 10.4. The van der Waals surface area contributed by atoms with Gasteiger partial charge in [0.2, 0.25) is 0 Å². The smallest absolute Gasteiger partial charge is 0.174 e. The van der Waals surface area contributed by atoms with E-state index >= 15 is 0 Å². The van der Waals surface area contributed by atoms with Crippen molar-refractivity contribution < 1.29 is 4.39 Å². The van der Waals surface area contributed by atoms with E-state index in [0.717, 1.165) is 0 Å². The van der Waals surface area contributed by atoms with Gasteiger partial charge in [-0.15, -0.1) is 0 Å². The van der Waals surface area contributed by atoms with Gasteiger partial charge in [-0.25, -0.2) is 20.2 Å². The number of aryl methyl sites for hydroxylation is 1. The molecule has 18 heavy (non-hydrogen) atoms. The Morgan fingerprint density at radius 3 is 2.78 bits per heavy atom. The zero-order valence-corrected chi connectivity index (χ0v) is 10.3. The molecule has 0 saturated heterocycles. The van der Waals surface area contributed by atoms with Gasteiger partial charge in [0.05, 0.1) is 22.6 Å². The summed E-state index contributed by atoms with van der Waals surface area (Å²) in [4.78, 5) is 8.04. The van der Waals surface area contributed by atoms with E-state index in [0.29, 0.717) is 23.0 Å². The minimum Gasteiger partial charge on any atom is -0.394 e. The second-order valence-corrected chi connectivity index (χ2v) is 4.07. The quantitative estimate of drug-likeness (QED) is 0.644. The number of nitrogen functional groups attached to an aromatic ring is 1. The van der Waals surface area contributed by atoms with Crippen LogP contribution in [0.15, 0.2) is 24.4 Å². The van der Waals surface area contributed by atoms with Crippen LogP contribution in [0.3, 0.4) is 0 Å². The Kier molecular flexibility index (Phi) is 3.31. The number of hydrogen-bond donors (Lipinski definition) is 2. The fourth-order valence-electron chi connectivity index (χ4n) is 1.42. The van der Waals surface area contributed by atoms with Crippen molar-refractivity contribution in [2.24, 2.45) is 5.84 Å². The third-order valence-corrected chi connectivity index (χ3v) is 2.63. The molecule has 1 aromatic carbocycles. The second kappa shape index (κ2) is 4.75. The monoisotopic (exact) mass is 267 g/mol. The van der Waals surface area contributed by atoms with E-state index in [1.165, 1.54) is 23.3 Å². The highest BCUT2D eigenvalue weighted by molar-refractivity contribution is 6.30. The van der Waals surface area contributed by atoms with Gasteiger partial charge in [-0.1, -0.05) is 11.6 Å². The Labute approximate surface area is 108 Å². The first kappa shape index (κ1) is 12.5. The molecule has 4 N–H and O–H groups in total. The number of nitrogens with two attached hydrogens (primary N) is 2. The van der Waals surface area contributed by atoms with E-state index in [2.05, 4.69) is 9.97 Å². The molecule has 0 saturated carbocycles. The molecule has 0 spiro atoms. The van der Waals surface area contributed by atoms with Crippen LogP contribution in [-0.2, 0) is 0 Å². The molecule has 5 nitrogen and oxygen atoms in total. The maximum absolute atomic E-state index is 13.4. The highest BCUT2D eigenvalue weighted by atomic mass is 35.5. The number of benzene rings is 1. The van der Waals surface area contributed by atoms with Crippen LogP contribution in [0.1, 0.15) is 5.82 Å². The molecule has 0 bridgehead atoms. The van der Waals surface area contributed by atoms with Crippen molar-refractivity contribution >= 4 is 28.8 Å². The molecule has 94 valence electrons. The molecule has 0 amide bonds. The average Bonchev–Trinajstić information content (AvgIpc) is 2.35. The molecule has 0 aliphatic carbocycles. The first-order valence-corrected chi connectivity index (χ1v) is 5.46. The van der Waals surface area contributed by atoms with Crippen molar-refractivity contribution in [3.8, 4) is 0 Å². The van der Waals surface area contributed by atoms with E-state index < -0.39 is 5.82 Å². The highest BCUT2D eigenvalue weighted by Crippen LogP contribution is 2.27. The van der Waals surface area contributed by atoms with E-state index in [4.69, 9.17) is 23.2 Å².